The lowest BCUT2D eigenvalue weighted by Gasteiger charge is -2.18. The summed E-state index contributed by atoms with van der Waals surface area (Å²) in [5.41, 5.74) is 5.94. The van der Waals surface area contributed by atoms with E-state index in [1.165, 1.54) is 22.2 Å². The molecule has 3 aromatic rings. The molecule has 3 rings (SSSR count). The highest BCUT2D eigenvalue weighted by Gasteiger charge is 2.14. The van der Waals surface area contributed by atoms with E-state index in [1.807, 2.05) is 24.0 Å². The van der Waals surface area contributed by atoms with Crippen molar-refractivity contribution in [3.8, 4) is 0 Å². The highest BCUT2D eigenvalue weighted by atomic mass is 127. The van der Waals surface area contributed by atoms with E-state index in [1.54, 1.807) is 0 Å². The van der Waals surface area contributed by atoms with Gasteiger partial charge in [0.05, 0.1) is 11.2 Å². The summed E-state index contributed by atoms with van der Waals surface area (Å²) in [6, 6.07) is 10.7. The Kier molecular flexibility index (Phi) is 9.08. The van der Waals surface area contributed by atoms with Gasteiger partial charge in [-0.2, -0.15) is 5.10 Å². The quantitative estimate of drug-likeness (QED) is 0.282. The normalized spacial score (nSPS) is 12.5. The number of nitrogens with one attached hydrogen (secondary N) is 2. The van der Waals surface area contributed by atoms with E-state index in [-0.39, 0.29) is 30.0 Å². The second-order valence-corrected chi connectivity index (χ2v) is 7.53. The predicted molar refractivity (Wildman–Crippen MR) is 136 cm³/mol. The van der Waals surface area contributed by atoms with Gasteiger partial charge in [-0.15, -0.1) is 24.0 Å². The summed E-state index contributed by atoms with van der Waals surface area (Å²) in [6.07, 6.45) is 3.63. The fourth-order valence-electron chi connectivity index (χ4n) is 3.68. The molecule has 1 atom stereocenters. The van der Waals surface area contributed by atoms with Crippen LogP contribution in [0.2, 0.25) is 0 Å². The smallest absolute Gasteiger partial charge is 0.191 e. The van der Waals surface area contributed by atoms with Crippen molar-refractivity contribution in [1.29, 1.82) is 0 Å². The molecule has 30 heavy (non-hydrogen) atoms. The van der Waals surface area contributed by atoms with E-state index in [0.717, 1.165) is 36.6 Å². The lowest BCUT2D eigenvalue weighted by molar-refractivity contribution is 0.636. The number of aromatic nitrogens is 3. The molecular weight excluding hydrogens is 487 g/mol. The molecule has 0 aliphatic heterocycles. The molecule has 2 N–H and O–H groups in total. The first-order valence-electron chi connectivity index (χ1n) is 10.4. The molecule has 6 nitrogen and oxygen atoms in total. The van der Waals surface area contributed by atoms with Gasteiger partial charge in [0.25, 0.3) is 0 Å². The Bertz CT molecular complexity index is 989. The molecule has 7 heteroatoms. The van der Waals surface area contributed by atoms with Crippen LogP contribution in [-0.2, 0) is 19.9 Å². The van der Waals surface area contributed by atoms with Crippen LogP contribution in [-0.4, -0.2) is 39.9 Å². The van der Waals surface area contributed by atoms with Crippen molar-refractivity contribution >= 4 is 40.8 Å². The number of halogens is 1. The van der Waals surface area contributed by atoms with Crippen LogP contribution in [0.3, 0.4) is 0 Å². The first-order chi connectivity index (χ1) is 14.0. The zero-order chi connectivity index (χ0) is 20.8. The molecule has 1 aromatic carbocycles. The Hall–Kier alpha value is -2.16. The van der Waals surface area contributed by atoms with Gasteiger partial charge in [-0.25, -0.2) is 0 Å². The van der Waals surface area contributed by atoms with E-state index in [9.17, 15) is 0 Å². The second-order valence-electron chi connectivity index (χ2n) is 7.53. The number of aliphatic imine (C=N–C) groups is 1. The number of hydrogen-bond acceptors (Lipinski definition) is 3. The number of aryl methyl sites for hydroxylation is 2. The fourth-order valence-corrected chi connectivity index (χ4v) is 3.68. The number of hydrogen-bond donors (Lipinski definition) is 2. The molecule has 0 aliphatic carbocycles. The number of rotatable bonds is 7. The summed E-state index contributed by atoms with van der Waals surface area (Å²) < 4.78 is 1.95. The lowest BCUT2D eigenvalue weighted by Crippen LogP contribution is -2.43. The Balaban J connectivity index is 0.00000320. The number of fused-ring (bicyclic) bond motifs is 1. The monoisotopic (exact) mass is 520 g/mol. The second kappa shape index (κ2) is 11.3. The van der Waals surface area contributed by atoms with Gasteiger partial charge in [0, 0.05) is 43.5 Å². The zero-order valence-electron chi connectivity index (χ0n) is 18.6. The summed E-state index contributed by atoms with van der Waals surface area (Å²) in [4.78, 5) is 9.33. The van der Waals surface area contributed by atoms with Crippen LogP contribution >= 0.6 is 24.0 Å². The van der Waals surface area contributed by atoms with E-state index in [4.69, 9.17) is 4.99 Å². The number of nitrogens with zero attached hydrogens (tertiary/aromatic N) is 4. The van der Waals surface area contributed by atoms with Gasteiger partial charge in [-0.05, 0) is 57.7 Å². The van der Waals surface area contributed by atoms with Gasteiger partial charge in [-0.3, -0.25) is 14.7 Å². The Morgan fingerprint density at radius 2 is 1.97 bits per heavy atom. The standard InChI is InChI=1S/C23H32N6.HI/c1-6-24-23(27-16(2)15-21-17(3)28-29(5)18(21)4)26-14-12-20-10-7-9-19-11-8-13-25-22(19)20;/h7-11,13,16H,6,12,14-15H2,1-5H3,(H2,24,26,27);1H. The summed E-state index contributed by atoms with van der Waals surface area (Å²) >= 11 is 0. The molecule has 2 heterocycles. The van der Waals surface area contributed by atoms with Crippen LogP contribution < -0.4 is 10.6 Å². The maximum atomic E-state index is 4.79. The molecular formula is C23H33IN6. The van der Waals surface area contributed by atoms with Crippen molar-refractivity contribution in [2.75, 3.05) is 13.1 Å². The number of pyridine rings is 1. The number of para-hydroxylation sites is 1. The Morgan fingerprint density at radius 1 is 1.20 bits per heavy atom. The van der Waals surface area contributed by atoms with Crippen molar-refractivity contribution in [2.24, 2.45) is 12.0 Å². The summed E-state index contributed by atoms with van der Waals surface area (Å²) in [7, 11) is 2.00. The molecule has 162 valence electrons. The minimum atomic E-state index is 0. The van der Waals surface area contributed by atoms with Crippen molar-refractivity contribution in [2.45, 2.75) is 46.6 Å². The Morgan fingerprint density at radius 3 is 2.67 bits per heavy atom. The van der Waals surface area contributed by atoms with Gasteiger partial charge in [0.2, 0.25) is 0 Å². The third-order valence-corrected chi connectivity index (χ3v) is 5.26. The number of guanidine groups is 1. The van der Waals surface area contributed by atoms with Gasteiger partial charge in [0.1, 0.15) is 0 Å². The van der Waals surface area contributed by atoms with Crippen molar-refractivity contribution in [3.05, 3.63) is 59.0 Å². The average molecular weight is 520 g/mol. The molecule has 0 spiro atoms. The largest absolute Gasteiger partial charge is 0.357 e. The van der Waals surface area contributed by atoms with Gasteiger partial charge in [0.15, 0.2) is 5.96 Å². The maximum Gasteiger partial charge on any atom is 0.191 e. The van der Waals surface area contributed by atoms with Crippen LogP contribution in [0.25, 0.3) is 10.9 Å². The van der Waals surface area contributed by atoms with Crippen molar-refractivity contribution in [3.63, 3.8) is 0 Å². The minimum Gasteiger partial charge on any atom is -0.357 e. The summed E-state index contributed by atoms with van der Waals surface area (Å²) in [6.45, 7) is 10.0. The Labute approximate surface area is 196 Å². The van der Waals surface area contributed by atoms with Crippen molar-refractivity contribution < 1.29 is 0 Å². The lowest BCUT2D eigenvalue weighted by atomic mass is 10.1. The molecule has 0 fully saturated rings. The van der Waals surface area contributed by atoms with E-state index in [2.05, 4.69) is 72.7 Å². The molecule has 2 aromatic heterocycles. The van der Waals surface area contributed by atoms with Crippen LogP contribution in [0.5, 0.6) is 0 Å². The molecule has 0 amide bonds. The molecule has 0 bridgehead atoms. The first-order valence-corrected chi connectivity index (χ1v) is 10.4. The predicted octanol–water partition coefficient (Wildman–Crippen LogP) is 3.93. The minimum absolute atomic E-state index is 0. The number of benzene rings is 1. The third-order valence-electron chi connectivity index (χ3n) is 5.26. The average Bonchev–Trinajstić information content (AvgIpc) is 2.94. The molecule has 0 saturated heterocycles. The summed E-state index contributed by atoms with van der Waals surface area (Å²) in [5.74, 6) is 0.854. The van der Waals surface area contributed by atoms with Crippen LogP contribution in [0, 0.1) is 13.8 Å². The molecule has 0 aliphatic rings. The highest BCUT2D eigenvalue weighted by molar-refractivity contribution is 14.0. The van der Waals surface area contributed by atoms with Crippen LogP contribution in [0.4, 0.5) is 0 Å². The van der Waals surface area contributed by atoms with E-state index >= 15 is 0 Å². The van der Waals surface area contributed by atoms with Crippen molar-refractivity contribution in [1.82, 2.24) is 25.4 Å². The van der Waals surface area contributed by atoms with Gasteiger partial charge in [-0.1, -0.05) is 24.3 Å². The van der Waals surface area contributed by atoms with Crippen LogP contribution in [0.1, 0.15) is 36.4 Å². The topological polar surface area (TPSA) is 67.1 Å². The van der Waals surface area contributed by atoms with Crippen LogP contribution in [0.15, 0.2) is 41.5 Å². The van der Waals surface area contributed by atoms with Gasteiger partial charge < -0.3 is 10.6 Å². The third kappa shape index (κ3) is 5.93. The van der Waals surface area contributed by atoms with E-state index < -0.39 is 0 Å². The fraction of sp³-hybridized carbons (Fsp3) is 0.435. The summed E-state index contributed by atoms with van der Waals surface area (Å²) in [5, 5.41) is 12.6. The van der Waals surface area contributed by atoms with E-state index in [0.29, 0.717) is 6.54 Å². The SMILES string of the molecule is CCNC(=NCCc1cccc2cccnc12)NC(C)Cc1c(C)nn(C)c1C.I. The maximum absolute atomic E-state index is 4.79. The molecule has 0 saturated carbocycles. The molecule has 0 radical (unpaired) electrons. The van der Waals surface area contributed by atoms with Gasteiger partial charge >= 0.3 is 0 Å². The highest BCUT2D eigenvalue weighted by Crippen LogP contribution is 2.16. The first kappa shape index (κ1) is 24.1. The zero-order valence-corrected chi connectivity index (χ0v) is 20.9. The molecule has 1 unspecified atom stereocenters.